The van der Waals surface area contributed by atoms with Gasteiger partial charge in [0.05, 0.1) is 0 Å². The zero-order valence-corrected chi connectivity index (χ0v) is 12.6. The highest BCUT2D eigenvalue weighted by Gasteiger charge is 2.39. The second-order valence-electron chi connectivity index (χ2n) is 6.34. The summed E-state index contributed by atoms with van der Waals surface area (Å²) in [6.45, 7) is 0.857. The van der Waals surface area contributed by atoms with Gasteiger partial charge in [-0.1, -0.05) is 48.3 Å². The molecule has 2 atom stereocenters. The minimum Gasteiger partial charge on any atom is -0.350 e. The van der Waals surface area contributed by atoms with Crippen molar-refractivity contribution in [1.29, 1.82) is 0 Å². The highest BCUT2D eigenvalue weighted by molar-refractivity contribution is 5.92. The summed E-state index contributed by atoms with van der Waals surface area (Å²) in [4.78, 5) is 14.8. The molecule has 2 aliphatic rings. The summed E-state index contributed by atoms with van der Waals surface area (Å²) in [6.07, 6.45) is 6.08. The summed E-state index contributed by atoms with van der Waals surface area (Å²) in [5, 5.41) is 4.06. The number of nitrogens with zero attached hydrogens (tertiary/aromatic N) is 2. The van der Waals surface area contributed by atoms with E-state index in [0.717, 1.165) is 30.6 Å². The first-order chi connectivity index (χ1) is 10.8. The molecule has 0 N–H and O–H groups in total. The summed E-state index contributed by atoms with van der Waals surface area (Å²) in [5.74, 6) is 1.06. The Kier molecular flexibility index (Phi) is 3.45. The lowest BCUT2D eigenvalue weighted by Crippen LogP contribution is -2.39. The van der Waals surface area contributed by atoms with E-state index in [2.05, 4.69) is 5.16 Å². The lowest BCUT2D eigenvalue weighted by molar-refractivity contribution is 0.0648. The fraction of sp³-hybridized carbons (Fsp3) is 0.444. The first-order valence-corrected chi connectivity index (χ1v) is 8.16. The number of amides is 1. The molecule has 4 nitrogen and oxygen atoms in total. The van der Waals surface area contributed by atoms with Gasteiger partial charge in [0.15, 0.2) is 0 Å². The van der Waals surface area contributed by atoms with Crippen LogP contribution in [-0.4, -0.2) is 28.6 Å². The van der Waals surface area contributed by atoms with Crippen molar-refractivity contribution in [2.45, 2.75) is 38.1 Å². The molecule has 0 radical (unpaired) electrons. The van der Waals surface area contributed by atoms with Crippen molar-refractivity contribution in [3.63, 3.8) is 0 Å². The minimum absolute atomic E-state index is 0.00378. The third-order valence-corrected chi connectivity index (χ3v) is 5.06. The lowest BCUT2D eigenvalue weighted by atomic mass is 9.85. The van der Waals surface area contributed by atoms with E-state index in [9.17, 15) is 4.79 Å². The average molecular weight is 296 g/mol. The van der Waals surface area contributed by atoms with Gasteiger partial charge in [0.2, 0.25) is 5.76 Å². The summed E-state index contributed by atoms with van der Waals surface area (Å²) < 4.78 is 5.33. The Morgan fingerprint density at radius 1 is 1.14 bits per heavy atom. The van der Waals surface area contributed by atoms with Gasteiger partial charge in [-0.25, -0.2) is 0 Å². The predicted molar refractivity (Wildman–Crippen MR) is 83.3 cm³/mol. The van der Waals surface area contributed by atoms with E-state index in [1.807, 2.05) is 35.2 Å². The van der Waals surface area contributed by atoms with Gasteiger partial charge in [-0.2, -0.15) is 0 Å². The molecule has 1 saturated carbocycles. The van der Waals surface area contributed by atoms with Gasteiger partial charge < -0.3 is 9.42 Å². The molecule has 2 fully saturated rings. The van der Waals surface area contributed by atoms with Crippen LogP contribution in [0, 0.1) is 5.92 Å². The molecule has 2 aromatic rings. The third kappa shape index (κ3) is 2.32. The second kappa shape index (κ2) is 5.59. The summed E-state index contributed by atoms with van der Waals surface area (Å²) in [6, 6.07) is 12.0. The number of rotatable bonds is 2. The predicted octanol–water partition coefficient (Wildman–Crippen LogP) is 3.75. The standard InChI is InChI=1S/C18H20N2O2/c21-18(20-11-10-14-8-4-5-9-16(14)20)17-12-15(19-22-17)13-6-2-1-3-7-13/h1-3,6-7,12,14,16H,4-5,8-11H2. The molecule has 4 rings (SSSR count). The number of carbonyl (C=O) groups excluding carboxylic acids is 1. The number of aromatic nitrogens is 1. The Labute approximate surface area is 130 Å². The molecule has 1 saturated heterocycles. The van der Waals surface area contributed by atoms with E-state index in [1.165, 1.54) is 19.3 Å². The number of hydrogen-bond acceptors (Lipinski definition) is 3. The van der Waals surface area contributed by atoms with Gasteiger partial charge in [0.1, 0.15) is 5.69 Å². The number of benzene rings is 1. The fourth-order valence-electron chi connectivity index (χ4n) is 3.92. The Morgan fingerprint density at radius 3 is 2.82 bits per heavy atom. The molecule has 114 valence electrons. The van der Waals surface area contributed by atoms with E-state index in [0.29, 0.717) is 17.7 Å². The Bertz CT molecular complexity index is 665. The molecule has 0 spiro atoms. The van der Waals surface area contributed by atoms with Crippen LogP contribution in [0.5, 0.6) is 0 Å². The zero-order valence-electron chi connectivity index (χ0n) is 12.6. The smallest absolute Gasteiger partial charge is 0.292 e. The number of carbonyl (C=O) groups is 1. The topological polar surface area (TPSA) is 46.3 Å². The van der Waals surface area contributed by atoms with Crippen molar-refractivity contribution < 1.29 is 9.32 Å². The summed E-state index contributed by atoms with van der Waals surface area (Å²) in [5.41, 5.74) is 1.70. The maximum absolute atomic E-state index is 12.7. The third-order valence-electron chi connectivity index (χ3n) is 5.06. The molecule has 1 aromatic carbocycles. The van der Waals surface area contributed by atoms with Gasteiger partial charge in [0, 0.05) is 24.2 Å². The summed E-state index contributed by atoms with van der Waals surface area (Å²) >= 11 is 0. The average Bonchev–Trinajstić information content (AvgIpc) is 3.22. The van der Waals surface area contributed by atoms with Gasteiger partial charge in [-0.3, -0.25) is 4.79 Å². The van der Waals surface area contributed by atoms with E-state index in [4.69, 9.17) is 4.52 Å². The molecule has 22 heavy (non-hydrogen) atoms. The highest BCUT2D eigenvalue weighted by Crippen LogP contribution is 2.37. The molecule has 2 unspecified atom stereocenters. The normalized spacial score (nSPS) is 24.3. The Balaban J connectivity index is 1.55. The van der Waals surface area contributed by atoms with Crippen molar-refractivity contribution in [3.05, 3.63) is 42.2 Å². The minimum atomic E-state index is 0.00378. The van der Waals surface area contributed by atoms with Crippen LogP contribution in [0.25, 0.3) is 11.3 Å². The lowest BCUT2D eigenvalue weighted by Gasteiger charge is -2.30. The SMILES string of the molecule is O=C(c1cc(-c2ccccc2)no1)N1CCC2CCCCC21. The monoisotopic (exact) mass is 296 g/mol. The molecule has 1 amide bonds. The van der Waals surface area contributed by atoms with Gasteiger partial charge in [0.25, 0.3) is 5.91 Å². The van der Waals surface area contributed by atoms with Crippen molar-refractivity contribution in [2.75, 3.05) is 6.54 Å². The molecule has 0 bridgehead atoms. The van der Waals surface area contributed by atoms with Crippen molar-refractivity contribution in [2.24, 2.45) is 5.92 Å². The number of fused-ring (bicyclic) bond motifs is 1. The maximum Gasteiger partial charge on any atom is 0.292 e. The zero-order chi connectivity index (χ0) is 14.9. The van der Waals surface area contributed by atoms with Crippen molar-refractivity contribution >= 4 is 5.91 Å². The first kappa shape index (κ1) is 13.6. The molecule has 2 heterocycles. The highest BCUT2D eigenvalue weighted by atomic mass is 16.5. The molecule has 1 aliphatic carbocycles. The van der Waals surface area contributed by atoms with Crippen molar-refractivity contribution in [3.8, 4) is 11.3 Å². The Hall–Kier alpha value is -2.10. The van der Waals surface area contributed by atoms with Crippen LogP contribution < -0.4 is 0 Å². The van der Waals surface area contributed by atoms with Gasteiger partial charge in [-0.05, 0) is 25.2 Å². The number of hydrogen-bond donors (Lipinski definition) is 0. The molecule has 1 aromatic heterocycles. The first-order valence-electron chi connectivity index (χ1n) is 8.16. The second-order valence-corrected chi connectivity index (χ2v) is 6.34. The van der Waals surface area contributed by atoms with Crippen LogP contribution in [0.15, 0.2) is 40.9 Å². The largest absolute Gasteiger partial charge is 0.350 e. The van der Waals surface area contributed by atoms with Gasteiger partial charge in [-0.15, -0.1) is 0 Å². The van der Waals surface area contributed by atoms with Crippen molar-refractivity contribution in [1.82, 2.24) is 10.1 Å². The van der Waals surface area contributed by atoms with Crippen LogP contribution in [0.1, 0.15) is 42.7 Å². The Morgan fingerprint density at radius 2 is 1.95 bits per heavy atom. The maximum atomic E-state index is 12.7. The van der Waals surface area contributed by atoms with E-state index >= 15 is 0 Å². The quantitative estimate of drug-likeness (QED) is 0.848. The van der Waals surface area contributed by atoms with E-state index < -0.39 is 0 Å². The van der Waals surface area contributed by atoms with Crippen LogP contribution in [0.2, 0.25) is 0 Å². The fourth-order valence-corrected chi connectivity index (χ4v) is 3.92. The van der Waals surface area contributed by atoms with Crippen LogP contribution in [0.3, 0.4) is 0 Å². The van der Waals surface area contributed by atoms with Crippen LogP contribution in [-0.2, 0) is 0 Å². The van der Waals surface area contributed by atoms with Crippen LogP contribution >= 0.6 is 0 Å². The van der Waals surface area contributed by atoms with Crippen LogP contribution in [0.4, 0.5) is 0 Å². The summed E-state index contributed by atoms with van der Waals surface area (Å²) in [7, 11) is 0. The van der Waals surface area contributed by atoms with E-state index in [-0.39, 0.29) is 5.91 Å². The number of likely N-dealkylation sites (tertiary alicyclic amines) is 1. The molecule has 1 aliphatic heterocycles. The van der Waals surface area contributed by atoms with Gasteiger partial charge >= 0.3 is 0 Å². The molecular formula is C18H20N2O2. The van der Waals surface area contributed by atoms with E-state index in [1.54, 1.807) is 6.07 Å². The molecular weight excluding hydrogens is 276 g/mol. The molecule has 4 heteroatoms.